The van der Waals surface area contributed by atoms with Crippen LogP contribution in [0, 0.1) is 17.8 Å². The van der Waals surface area contributed by atoms with E-state index in [1.807, 2.05) is 38.1 Å². The number of benzene rings is 1. The van der Waals surface area contributed by atoms with Crippen LogP contribution in [0.25, 0.3) is 11.8 Å². The van der Waals surface area contributed by atoms with E-state index in [9.17, 15) is 14.7 Å². The van der Waals surface area contributed by atoms with Crippen molar-refractivity contribution in [3.8, 4) is 5.69 Å². The molecule has 1 aromatic heterocycles. The topological polar surface area (TPSA) is 84.7 Å². The van der Waals surface area contributed by atoms with Gasteiger partial charge in [-0.25, -0.2) is 9.48 Å². The molecular formula is C28H37N3O4. The lowest BCUT2D eigenvalue weighted by molar-refractivity contribution is -0.124. The summed E-state index contributed by atoms with van der Waals surface area (Å²) in [7, 11) is 0. The van der Waals surface area contributed by atoms with Gasteiger partial charge < -0.3 is 9.84 Å². The predicted molar refractivity (Wildman–Crippen MR) is 137 cm³/mol. The first-order valence-electron chi connectivity index (χ1n) is 12.9. The van der Waals surface area contributed by atoms with Gasteiger partial charge in [0.25, 0.3) is 0 Å². The molecule has 7 nitrogen and oxygen atoms in total. The minimum Gasteiger partial charge on any atom is -0.477 e. The van der Waals surface area contributed by atoms with Gasteiger partial charge in [0.2, 0.25) is 5.91 Å². The van der Waals surface area contributed by atoms with Crippen LogP contribution >= 0.6 is 0 Å². The first-order chi connectivity index (χ1) is 16.8. The van der Waals surface area contributed by atoms with Crippen molar-refractivity contribution in [1.82, 2.24) is 9.78 Å². The summed E-state index contributed by atoms with van der Waals surface area (Å²) in [5.74, 6) is 0.213. The minimum absolute atomic E-state index is 0.0201. The van der Waals surface area contributed by atoms with Crippen LogP contribution in [0.4, 0.5) is 5.82 Å². The number of aromatic nitrogens is 2. The number of anilines is 1. The van der Waals surface area contributed by atoms with Gasteiger partial charge in [0, 0.05) is 31.4 Å². The summed E-state index contributed by atoms with van der Waals surface area (Å²) in [6, 6.07) is 7.66. The van der Waals surface area contributed by atoms with E-state index in [1.54, 1.807) is 9.58 Å². The van der Waals surface area contributed by atoms with Crippen LogP contribution < -0.4 is 4.90 Å². The Morgan fingerprint density at radius 3 is 2.34 bits per heavy atom. The second-order valence-corrected chi connectivity index (χ2v) is 10.3. The van der Waals surface area contributed by atoms with Gasteiger partial charge in [0.15, 0.2) is 5.82 Å². The molecule has 1 aliphatic heterocycles. The number of carboxylic acid groups (broad SMARTS) is 1. The Balaban J connectivity index is 1.57. The number of allylic oxidation sites excluding steroid dienone is 1. The summed E-state index contributed by atoms with van der Waals surface area (Å²) in [6.07, 6.45) is 11.7. The summed E-state index contributed by atoms with van der Waals surface area (Å²) in [4.78, 5) is 27.2. The lowest BCUT2D eigenvalue weighted by atomic mass is 9.82. The molecule has 35 heavy (non-hydrogen) atoms. The molecule has 2 aromatic rings. The quantitative estimate of drug-likeness (QED) is 0.561. The van der Waals surface area contributed by atoms with Crippen molar-refractivity contribution >= 4 is 23.8 Å². The second-order valence-electron chi connectivity index (χ2n) is 10.3. The van der Waals surface area contributed by atoms with Gasteiger partial charge in [-0.2, -0.15) is 0 Å². The number of carboxylic acids is 1. The lowest BCUT2D eigenvalue weighted by Gasteiger charge is -2.32. The smallest absolute Gasteiger partial charge is 0.341 e. The molecule has 7 heteroatoms. The molecule has 0 spiro atoms. The van der Waals surface area contributed by atoms with Crippen LogP contribution in [-0.4, -0.2) is 46.0 Å². The van der Waals surface area contributed by atoms with Gasteiger partial charge in [-0.1, -0.05) is 31.2 Å². The van der Waals surface area contributed by atoms with Crippen molar-refractivity contribution in [2.45, 2.75) is 65.3 Å². The van der Waals surface area contributed by atoms with Crippen molar-refractivity contribution < 1.29 is 19.4 Å². The monoisotopic (exact) mass is 479 g/mol. The molecule has 2 fully saturated rings. The van der Waals surface area contributed by atoms with Crippen LogP contribution in [-0.2, 0) is 9.53 Å². The number of nitrogens with zero attached hydrogens (tertiary/aromatic N) is 3. The van der Waals surface area contributed by atoms with E-state index in [-0.39, 0.29) is 29.2 Å². The summed E-state index contributed by atoms with van der Waals surface area (Å²) >= 11 is 0. The molecule has 1 saturated carbocycles. The molecule has 2 heterocycles. The number of carbonyl (C=O) groups excluding carboxylic acids is 1. The molecule has 2 aliphatic rings. The molecule has 1 N–H and O–H groups in total. The maximum Gasteiger partial charge on any atom is 0.341 e. The summed E-state index contributed by atoms with van der Waals surface area (Å²) in [6.45, 7) is 7.67. The molecule has 0 radical (unpaired) electrons. The minimum atomic E-state index is -1.09. The van der Waals surface area contributed by atoms with E-state index in [2.05, 4.69) is 24.2 Å². The largest absolute Gasteiger partial charge is 0.477 e. The zero-order chi connectivity index (χ0) is 24.9. The third-order valence-electron chi connectivity index (χ3n) is 7.26. The normalized spacial score (nSPS) is 21.5. The number of aromatic carboxylic acids is 1. The molecule has 188 valence electrons. The van der Waals surface area contributed by atoms with Gasteiger partial charge in [-0.15, -0.1) is 5.10 Å². The number of carbonyl (C=O) groups is 2. The number of amides is 1. The van der Waals surface area contributed by atoms with Crippen LogP contribution in [0.15, 0.2) is 36.5 Å². The van der Waals surface area contributed by atoms with Crippen molar-refractivity contribution in [1.29, 1.82) is 0 Å². The zero-order valence-electron chi connectivity index (χ0n) is 21.0. The maximum absolute atomic E-state index is 13.5. The van der Waals surface area contributed by atoms with Gasteiger partial charge in [0.1, 0.15) is 5.56 Å². The summed E-state index contributed by atoms with van der Waals surface area (Å²) in [5.41, 5.74) is 1.88. The molecule has 1 aliphatic carbocycles. The highest BCUT2D eigenvalue weighted by molar-refractivity contribution is 6.01. The standard InChI is InChI=1S/C28H37N3O4/c1-19(2)31(27(32)23-10-4-20(3)5-11-23)26-25(28(33)34)18-30(29-26)24-12-8-21(9-13-24)6-7-22-14-16-35-17-15-22/h6-9,12-13,18-20,22-23H,4-5,10-11,14-17H2,1-3H3,(H,33,34)/b7-6+/t20-,23-. The van der Waals surface area contributed by atoms with Gasteiger partial charge >= 0.3 is 5.97 Å². The van der Waals surface area contributed by atoms with Crippen molar-refractivity contribution in [3.05, 3.63) is 47.7 Å². The molecule has 1 aromatic carbocycles. The Labute approximate surface area is 207 Å². The second kappa shape index (κ2) is 11.2. The highest BCUT2D eigenvalue weighted by Crippen LogP contribution is 2.32. The molecule has 0 bridgehead atoms. The SMILES string of the molecule is CC(C)N(c1nn(-c2ccc(/C=C/C3CCOCC3)cc2)cc1C(=O)O)C(=O)[C@H]1CC[C@H](C)CC1. The van der Waals surface area contributed by atoms with Gasteiger partial charge in [-0.3, -0.25) is 9.69 Å². The zero-order valence-corrected chi connectivity index (χ0v) is 21.0. The van der Waals surface area contributed by atoms with E-state index < -0.39 is 5.97 Å². The Bertz CT molecular complexity index is 1040. The first-order valence-corrected chi connectivity index (χ1v) is 12.9. The average Bonchev–Trinajstić information content (AvgIpc) is 3.29. The lowest BCUT2D eigenvalue weighted by Crippen LogP contribution is -2.43. The van der Waals surface area contributed by atoms with E-state index in [1.165, 1.54) is 6.20 Å². The number of ether oxygens (including phenoxy) is 1. The molecule has 0 unspecified atom stereocenters. The fraction of sp³-hybridized carbons (Fsp3) is 0.536. The maximum atomic E-state index is 13.5. The van der Waals surface area contributed by atoms with Crippen LogP contribution in [0.5, 0.6) is 0 Å². The summed E-state index contributed by atoms with van der Waals surface area (Å²) in [5, 5.41) is 14.5. The highest BCUT2D eigenvalue weighted by Gasteiger charge is 2.34. The summed E-state index contributed by atoms with van der Waals surface area (Å²) < 4.78 is 6.99. The number of rotatable bonds is 7. The van der Waals surface area contributed by atoms with Crippen LogP contribution in [0.3, 0.4) is 0 Å². The molecular weight excluding hydrogens is 442 g/mol. The number of hydrogen-bond acceptors (Lipinski definition) is 4. The Kier molecular flexibility index (Phi) is 8.06. The van der Waals surface area contributed by atoms with E-state index in [0.717, 1.165) is 63.0 Å². The first kappa shape index (κ1) is 25.2. The van der Waals surface area contributed by atoms with Gasteiger partial charge in [0.05, 0.1) is 5.69 Å². The Hall–Kier alpha value is -2.93. The van der Waals surface area contributed by atoms with E-state index >= 15 is 0 Å². The van der Waals surface area contributed by atoms with Crippen LogP contribution in [0.1, 0.15) is 75.2 Å². The van der Waals surface area contributed by atoms with Crippen LogP contribution in [0.2, 0.25) is 0 Å². The Morgan fingerprint density at radius 2 is 1.74 bits per heavy atom. The average molecular weight is 480 g/mol. The predicted octanol–water partition coefficient (Wildman–Crippen LogP) is 5.58. The molecule has 0 atom stereocenters. The third kappa shape index (κ3) is 6.01. The van der Waals surface area contributed by atoms with Crippen molar-refractivity contribution in [2.24, 2.45) is 17.8 Å². The fourth-order valence-electron chi connectivity index (χ4n) is 5.03. The molecule has 1 saturated heterocycles. The van der Waals surface area contributed by atoms with Crippen molar-refractivity contribution in [2.75, 3.05) is 18.1 Å². The van der Waals surface area contributed by atoms with E-state index in [0.29, 0.717) is 11.8 Å². The third-order valence-corrected chi connectivity index (χ3v) is 7.26. The van der Waals surface area contributed by atoms with Crippen molar-refractivity contribution in [3.63, 3.8) is 0 Å². The molecule has 1 amide bonds. The highest BCUT2D eigenvalue weighted by atomic mass is 16.5. The Morgan fingerprint density at radius 1 is 1.09 bits per heavy atom. The number of hydrogen-bond donors (Lipinski definition) is 1. The molecule has 4 rings (SSSR count). The van der Waals surface area contributed by atoms with Gasteiger partial charge in [-0.05, 0) is 81.9 Å². The fourth-order valence-corrected chi connectivity index (χ4v) is 5.03. The van der Waals surface area contributed by atoms with E-state index in [4.69, 9.17) is 4.74 Å².